The highest BCUT2D eigenvalue weighted by atomic mass is 16.5. The smallest absolute Gasteiger partial charge is 0.337 e. The minimum absolute atomic E-state index is 0.305. The fourth-order valence-electron chi connectivity index (χ4n) is 1.07. The molecule has 4 heteroatoms. The van der Waals surface area contributed by atoms with Crippen LogP contribution < -0.4 is 5.73 Å². The van der Waals surface area contributed by atoms with Crippen molar-refractivity contribution in [2.75, 3.05) is 20.7 Å². The number of nitrogens with zero attached hydrogens (tertiary/aromatic N) is 1. The Hall–Kier alpha value is -1.19. The van der Waals surface area contributed by atoms with Crippen LogP contribution in [0.2, 0.25) is 0 Å². The van der Waals surface area contributed by atoms with Crippen molar-refractivity contribution < 1.29 is 9.53 Å². The van der Waals surface area contributed by atoms with Crippen LogP contribution in [0.3, 0.4) is 0 Å². The molecule has 0 radical (unpaired) electrons. The second-order valence-corrected chi connectivity index (χ2v) is 3.23. The largest absolute Gasteiger partial charge is 0.463 e. The van der Waals surface area contributed by atoms with Crippen molar-refractivity contribution >= 4 is 5.97 Å². The van der Waals surface area contributed by atoms with Crippen molar-refractivity contribution in [3.63, 3.8) is 0 Å². The molecule has 0 heterocycles. The zero-order valence-electron chi connectivity index (χ0n) is 9.46. The predicted molar refractivity (Wildman–Crippen MR) is 56.4 cm³/mol. The van der Waals surface area contributed by atoms with E-state index in [0.717, 1.165) is 6.42 Å². The summed E-state index contributed by atoms with van der Waals surface area (Å²) in [7, 11) is 3.62. The summed E-state index contributed by atoms with van der Waals surface area (Å²) in [6.45, 7) is 4.17. The summed E-state index contributed by atoms with van der Waals surface area (Å²) in [5, 5.41) is 0. The predicted octanol–water partition coefficient (Wildman–Crippen LogP) is 1.08. The maximum Gasteiger partial charge on any atom is 0.337 e. The highest BCUT2D eigenvalue weighted by molar-refractivity contribution is 5.89. The number of carbonyl (C=O) groups excluding carboxylic acids is 1. The molecule has 4 nitrogen and oxygen atoms in total. The highest BCUT2D eigenvalue weighted by Gasteiger charge is 2.14. The zero-order chi connectivity index (χ0) is 11.1. The number of esters is 1. The number of nitrogens with two attached hydrogens (primary N) is 1. The molecule has 82 valence electrons. The fourth-order valence-corrected chi connectivity index (χ4v) is 1.07. The molecular formula is C10H20N2O2. The average molecular weight is 200 g/mol. The summed E-state index contributed by atoms with van der Waals surface area (Å²) in [5.74, 6) is 0.186. The Morgan fingerprint density at radius 2 is 1.93 bits per heavy atom. The van der Waals surface area contributed by atoms with Gasteiger partial charge in [0.15, 0.2) is 0 Å². The normalized spacial score (nSPS) is 12.0. The molecule has 0 rings (SSSR count). The molecule has 0 atom stereocenters. The van der Waals surface area contributed by atoms with Gasteiger partial charge in [0.1, 0.15) is 5.82 Å². The van der Waals surface area contributed by atoms with Crippen LogP contribution in [0.1, 0.15) is 26.7 Å². The minimum atomic E-state index is -0.305. The molecule has 0 aromatic rings. The molecule has 0 amide bonds. The van der Waals surface area contributed by atoms with Gasteiger partial charge in [-0.3, -0.25) is 0 Å². The Labute approximate surface area is 85.7 Å². The topological polar surface area (TPSA) is 55.6 Å². The quantitative estimate of drug-likeness (QED) is 0.533. The average Bonchev–Trinajstić information content (AvgIpc) is 2.13. The monoisotopic (exact) mass is 200 g/mol. The summed E-state index contributed by atoms with van der Waals surface area (Å²) >= 11 is 0. The van der Waals surface area contributed by atoms with Crippen molar-refractivity contribution in [1.29, 1.82) is 0 Å². The third kappa shape index (κ3) is 3.68. The molecular weight excluding hydrogens is 180 g/mol. The van der Waals surface area contributed by atoms with Gasteiger partial charge in [-0.05, 0) is 13.3 Å². The standard InChI is InChI=1S/C10H20N2O2/c1-5-7-8(9(11)12(3)4)10(13)14-6-2/h5-7,11H2,1-4H3. The van der Waals surface area contributed by atoms with E-state index in [2.05, 4.69) is 0 Å². The number of carbonyl (C=O) groups is 1. The van der Waals surface area contributed by atoms with E-state index in [9.17, 15) is 4.79 Å². The van der Waals surface area contributed by atoms with E-state index in [1.54, 1.807) is 11.8 Å². The number of rotatable bonds is 5. The van der Waals surface area contributed by atoms with Gasteiger partial charge in [-0.2, -0.15) is 0 Å². The van der Waals surface area contributed by atoms with Crippen LogP contribution in [0.4, 0.5) is 0 Å². The lowest BCUT2D eigenvalue weighted by Crippen LogP contribution is -2.24. The lowest BCUT2D eigenvalue weighted by Gasteiger charge is -2.17. The molecule has 0 saturated heterocycles. The van der Waals surface area contributed by atoms with Gasteiger partial charge in [0.2, 0.25) is 0 Å². The van der Waals surface area contributed by atoms with Gasteiger partial charge in [0.25, 0.3) is 0 Å². The van der Waals surface area contributed by atoms with Gasteiger partial charge in [-0.1, -0.05) is 13.3 Å². The van der Waals surface area contributed by atoms with E-state index in [4.69, 9.17) is 10.5 Å². The van der Waals surface area contributed by atoms with Crippen LogP contribution in [0.5, 0.6) is 0 Å². The van der Waals surface area contributed by atoms with Crippen molar-refractivity contribution in [2.45, 2.75) is 26.7 Å². The van der Waals surface area contributed by atoms with E-state index < -0.39 is 0 Å². The molecule has 2 N–H and O–H groups in total. The van der Waals surface area contributed by atoms with E-state index in [1.807, 2.05) is 21.0 Å². The molecule has 0 saturated carbocycles. The van der Waals surface area contributed by atoms with Gasteiger partial charge in [-0.15, -0.1) is 0 Å². The van der Waals surface area contributed by atoms with E-state index in [1.165, 1.54) is 0 Å². The Morgan fingerprint density at radius 1 is 1.36 bits per heavy atom. The van der Waals surface area contributed by atoms with Crippen molar-refractivity contribution in [3.05, 3.63) is 11.4 Å². The zero-order valence-corrected chi connectivity index (χ0v) is 9.46. The lowest BCUT2D eigenvalue weighted by molar-refractivity contribution is -0.138. The second-order valence-electron chi connectivity index (χ2n) is 3.23. The maximum absolute atomic E-state index is 11.5. The first-order valence-corrected chi connectivity index (χ1v) is 4.87. The third-order valence-electron chi connectivity index (χ3n) is 1.81. The van der Waals surface area contributed by atoms with Crippen LogP contribution in [0, 0.1) is 0 Å². The van der Waals surface area contributed by atoms with Crippen molar-refractivity contribution in [2.24, 2.45) is 5.73 Å². The van der Waals surface area contributed by atoms with Gasteiger partial charge in [0, 0.05) is 14.1 Å². The molecule has 0 fully saturated rings. The molecule has 0 aliphatic carbocycles. The number of ether oxygens (including phenoxy) is 1. The van der Waals surface area contributed by atoms with Gasteiger partial charge >= 0.3 is 5.97 Å². The summed E-state index contributed by atoms with van der Waals surface area (Å²) < 4.78 is 4.92. The number of hydrogen-bond donors (Lipinski definition) is 1. The Balaban J connectivity index is 4.73. The Kier molecular flexibility index (Phi) is 5.76. The van der Waals surface area contributed by atoms with E-state index >= 15 is 0 Å². The summed E-state index contributed by atoms with van der Waals surface area (Å²) in [6.07, 6.45) is 1.53. The van der Waals surface area contributed by atoms with Gasteiger partial charge in [-0.25, -0.2) is 4.79 Å². The van der Waals surface area contributed by atoms with Gasteiger partial charge < -0.3 is 15.4 Å². The van der Waals surface area contributed by atoms with E-state index in [0.29, 0.717) is 24.4 Å². The number of hydrogen-bond acceptors (Lipinski definition) is 4. The SMILES string of the molecule is CCCC(C(=O)OCC)=C(N)N(C)C. The summed E-state index contributed by atoms with van der Waals surface area (Å²) in [6, 6.07) is 0. The minimum Gasteiger partial charge on any atom is -0.463 e. The molecule has 0 spiro atoms. The molecule has 0 aromatic carbocycles. The van der Waals surface area contributed by atoms with Gasteiger partial charge in [0.05, 0.1) is 12.2 Å². The van der Waals surface area contributed by atoms with Crippen LogP contribution in [-0.2, 0) is 9.53 Å². The molecule has 14 heavy (non-hydrogen) atoms. The Bertz CT molecular complexity index is 222. The summed E-state index contributed by atoms with van der Waals surface area (Å²) in [4.78, 5) is 13.2. The molecule has 0 aliphatic heterocycles. The van der Waals surface area contributed by atoms with Crippen LogP contribution in [0.25, 0.3) is 0 Å². The van der Waals surface area contributed by atoms with Crippen molar-refractivity contribution in [3.8, 4) is 0 Å². The molecule has 0 bridgehead atoms. The molecule has 0 aliphatic rings. The van der Waals surface area contributed by atoms with Crippen LogP contribution >= 0.6 is 0 Å². The molecule has 0 unspecified atom stereocenters. The van der Waals surface area contributed by atoms with Crippen LogP contribution in [-0.4, -0.2) is 31.6 Å². The van der Waals surface area contributed by atoms with Crippen molar-refractivity contribution in [1.82, 2.24) is 4.90 Å². The first kappa shape index (κ1) is 12.8. The first-order valence-electron chi connectivity index (χ1n) is 4.87. The molecule has 0 aromatic heterocycles. The summed E-state index contributed by atoms with van der Waals surface area (Å²) in [5.41, 5.74) is 6.35. The first-order chi connectivity index (χ1) is 6.54. The second kappa shape index (κ2) is 6.29. The van der Waals surface area contributed by atoms with Crippen LogP contribution in [0.15, 0.2) is 11.4 Å². The third-order valence-corrected chi connectivity index (χ3v) is 1.81. The maximum atomic E-state index is 11.5. The highest BCUT2D eigenvalue weighted by Crippen LogP contribution is 2.11. The van der Waals surface area contributed by atoms with E-state index in [-0.39, 0.29) is 5.97 Å². The Morgan fingerprint density at radius 3 is 2.29 bits per heavy atom. The lowest BCUT2D eigenvalue weighted by atomic mass is 10.1. The fraction of sp³-hybridized carbons (Fsp3) is 0.700.